The van der Waals surface area contributed by atoms with Crippen molar-refractivity contribution in [1.29, 1.82) is 0 Å². The largest absolute Gasteiger partial charge is 0.507 e. The normalized spacial score (nSPS) is 10.8. The van der Waals surface area contributed by atoms with Crippen LogP contribution in [0.3, 0.4) is 0 Å². The summed E-state index contributed by atoms with van der Waals surface area (Å²) < 4.78 is 1.68. The van der Waals surface area contributed by atoms with Crippen molar-refractivity contribution in [3.05, 3.63) is 59.0 Å². The highest BCUT2D eigenvalue weighted by Crippen LogP contribution is 2.22. The second-order valence-electron chi connectivity index (χ2n) is 5.47. The summed E-state index contributed by atoms with van der Waals surface area (Å²) in [5.41, 5.74) is 2.62. The molecule has 0 aliphatic rings. The lowest BCUT2D eigenvalue weighted by atomic mass is 10.1. The molecule has 3 rings (SSSR count). The number of hydrogen-bond acceptors (Lipinski definition) is 4. The number of imidazole rings is 1. The molecule has 0 spiro atoms. The van der Waals surface area contributed by atoms with Gasteiger partial charge in [-0.15, -0.1) is 0 Å². The molecule has 122 valence electrons. The third-order valence-electron chi connectivity index (χ3n) is 3.66. The van der Waals surface area contributed by atoms with Crippen LogP contribution in [0.5, 0.6) is 5.75 Å². The Bertz CT molecular complexity index is 975. The number of carbonyl (C=O) groups is 2. The van der Waals surface area contributed by atoms with Gasteiger partial charge in [-0.2, -0.15) is 0 Å². The molecular formula is C17H15N3O4. The second-order valence-corrected chi connectivity index (χ2v) is 5.47. The van der Waals surface area contributed by atoms with Crippen LogP contribution in [0.25, 0.3) is 5.65 Å². The molecule has 0 bridgehead atoms. The van der Waals surface area contributed by atoms with Crippen LogP contribution in [0.1, 0.15) is 32.1 Å². The SMILES string of the molecule is Cc1ccn2c(C(=O)Nc3ccc(O)c(C(=O)O)c3)c(C)nc2c1. The van der Waals surface area contributed by atoms with E-state index in [1.54, 1.807) is 17.5 Å². The minimum atomic E-state index is -1.27. The number of aryl methyl sites for hydroxylation is 2. The first-order valence-electron chi connectivity index (χ1n) is 7.20. The molecule has 3 aromatic rings. The van der Waals surface area contributed by atoms with Crippen molar-refractivity contribution in [2.45, 2.75) is 13.8 Å². The van der Waals surface area contributed by atoms with Crippen LogP contribution in [0, 0.1) is 13.8 Å². The summed E-state index contributed by atoms with van der Waals surface area (Å²) in [5.74, 6) is -2.04. The van der Waals surface area contributed by atoms with E-state index in [1.807, 2.05) is 19.1 Å². The lowest BCUT2D eigenvalue weighted by molar-refractivity contribution is 0.0693. The number of carbonyl (C=O) groups excluding carboxylic acids is 1. The molecule has 0 radical (unpaired) electrons. The number of rotatable bonds is 3. The van der Waals surface area contributed by atoms with Crippen molar-refractivity contribution in [2.24, 2.45) is 0 Å². The summed E-state index contributed by atoms with van der Waals surface area (Å²) in [5, 5.41) is 21.2. The topological polar surface area (TPSA) is 104 Å². The average Bonchev–Trinajstić information content (AvgIpc) is 2.83. The number of phenols is 1. The molecule has 1 aromatic carbocycles. The van der Waals surface area contributed by atoms with Gasteiger partial charge in [0.05, 0.1) is 5.69 Å². The number of anilines is 1. The monoisotopic (exact) mass is 325 g/mol. The van der Waals surface area contributed by atoms with E-state index in [9.17, 15) is 14.7 Å². The second kappa shape index (κ2) is 5.69. The minimum absolute atomic E-state index is 0.275. The molecular weight excluding hydrogens is 310 g/mol. The number of amides is 1. The van der Waals surface area contributed by atoms with E-state index in [4.69, 9.17) is 5.11 Å². The lowest BCUT2D eigenvalue weighted by Crippen LogP contribution is -2.16. The summed E-state index contributed by atoms with van der Waals surface area (Å²) in [7, 11) is 0. The third-order valence-corrected chi connectivity index (χ3v) is 3.66. The van der Waals surface area contributed by atoms with E-state index in [1.165, 1.54) is 18.2 Å². The molecule has 0 saturated carbocycles. The standard InChI is InChI=1S/C17H15N3O4/c1-9-5-6-20-14(7-9)18-10(2)15(20)16(22)19-11-3-4-13(21)12(8-11)17(23)24/h3-8,21H,1-2H3,(H,19,22)(H,23,24). The molecule has 7 heteroatoms. The molecule has 1 amide bonds. The quantitative estimate of drug-likeness (QED) is 0.642. The van der Waals surface area contributed by atoms with Gasteiger partial charge in [0, 0.05) is 11.9 Å². The van der Waals surface area contributed by atoms with Crippen LogP contribution in [-0.2, 0) is 0 Å². The van der Waals surface area contributed by atoms with Gasteiger partial charge < -0.3 is 15.5 Å². The fourth-order valence-electron chi connectivity index (χ4n) is 2.51. The van der Waals surface area contributed by atoms with Crippen molar-refractivity contribution in [2.75, 3.05) is 5.32 Å². The van der Waals surface area contributed by atoms with Gasteiger partial charge in [0.2, 0.25) is 0 Å². The van der Waals surface area contributed by atoms with E-state index in [-0.39, 0.29) is 17.0 Å². The zero-order chi connectivity index (χ0) is 17.4. The van der Waals surface area contributed by atoms with Gasteiger partial charge in [-0.05, 0) is 49.7 Å². The van der Waals surface area contributed by atoms with E-state index in [0.29, 0.717) is 17.0 Å². The van der Waals surface area contributed by atoms with Crippen molar-refractivity contribution in [1.82, 2.24) is 9.38 Å². The number of benzene rings is 1. The predicted molar refractivity (Wildman–Crippen MR) is 87.7 cm³/mol. The first-order chi connectivity index (χ1) is 11.4. The van der Waals surface area contributed by atoms with Crippen LogP contribution in [0.2, 0.25) is 0 Å². The maximum Gasteiger partial charge on any atom is 0.339 e. The maximum absolute atomic E-state index is 12.6. The van der Waals surface area contributed by atoms with Crippen molar-refractivity contribution in [3.63, 3.8) is 0 Å². The molecule has 7 nitrogen and oxygen atoms in total. The molecule has 0 atom stereocenters. The number of hydrogen-bond donors (Lipinski definition) is 3. The number of aromatic hydroxyl groups is 1. The van der Waals surface area contributed by atoms with E-state index < -0.39 is 11.9 Å². The summed E-state index contributed by atoms with van der Waals surface area (Å²) in [6.07, 6.45) is 1.76. The van der Waals surface area contributed by atoms with Crippen LogP contribution < -0.4 is 5.32 Å². The van der Waals surface area contributed by atoms with Gasteiger partial charge in [-0.3, -0.25) is 9.20 Å². The summed E-state index contributed by atoms with van der Waals surface area (Å²) in [4.78, 5) is 28.0. The summed E-state index contributed by atoms with van der Waals surface area (Å²) in [6.45, 7) is 3.67. The Balaban J connectivity index is 1.98. The van der Waals surface area contributed by atoms with Gasteiger partial charge in [0.1, 0.15) is 22.7 Å². The van der Waals surface area contributed by atoms with Crippen molar-refractivity contribution >= 4 is 23.2 Å². The Morgan fingerprint density at radius 1 is 1.17 bits per heavy atom. The molecule has 0 aliphatic heterocycles. The smallest absolute Gasteiger partial charge is 0.339 e. The van der Waals surface area contributed by atoms with E-state index in [0.717, 1.165) is 5.56 Å². The fourth-order valence-corrected chi connectivity index (χ4v) is 2.51. The van der Waals surface area contributed by atoms with Gasteiger partial charge >= 0.3 is 5.97 Å². The Morgan fingerprint density at radius 2 is 1.92 bits per heavy atom. The molecule has 0 aliphatic carbocycles. The lowest BCUT2D eigenvalue weighted by Gasteiger charge is -2.08. The van der Waals surface area contributed by atoms with Gasteiger partial charge in [0.25, 0.3) is 5.91 Å². The number of fused-ring (bicyclic) bond motifs is 1. The van der Waals surface area contributed by atoms with Crippen LogP contribution >= 0.6 is 0 Å². The Morgan fingerprint density at radius 3 is 2.62 bits per heavy atom. The molecule has 0 unspecified atom stereocenters. The number of nitrogens with zero attached hydrogens (tertiary/aromatic N) is 2. The number of aromatic nitrogens is 2. The van der Waals surface area contributed by atoms with E-state index in [2.05, 4.69) is 10.3 Å². The average molecular weight is 325 g/mol. The summed E-state index contributed by atoms with van der Waals surface area (Å²) >= 11 is 0. The molecule has 0 fully saturated rings. The zero-order valence-electron chi connectivity index (χ0n) is 13.1. The predicted octanol–water partition coefficient (Wildman–Crippen LogP) is 2.61. The van der Waals surface area contributed by atoms with E-state index >= 15 is 0 Å². The van der Waals surface area contributed by atoms with Crippen LogP contribution in [0.15, 0.2) is 36.5 Å². The first kappa shape index (κ1) is 15.5. The number of nitrogens with one attached hydrogen (secondary N) is 1. The zero-order valence-corrected chi connectivity index (χ0v) is 13.1. The third kappa shape index (κ3) is 2.67. The molecule has 24 heavy (non-hydrogen) atoms. The first-order valence-corrected chi connectivity index (χ1v) is 7.20. The molecule has 2 heterocycles. The Labute approximate surface area is 137 Å². The Hall–Kier alpha value is -3.35. The fraction of sp³-hybridized carbons (Fsp3) is 0.118. The number of aromatic carboxylic acids is 1. The van der Waals surface area contributed by atoms with Crippen molar-refractivity contribution in [3.8, 4) is 5.75 Å². The highest BCUT2D eigenvalue weighted by Gasteiger charge is 2.18. The van der Waals surface area contributed by atoms with Crippen LogP contribution in [-0.4, -0.2) is 31.5 Å². The molecule has 2 aromatic heterocycles. The van der Waals surface area contributed by atoms with Gasteiger partial charge in [0.15, 0.2) is 0 Å². The van der Waals surface area contributed by atoms with Crippen molar-refractivity contribution < 1.29 is 19.8 Å². The number of carboxylic acids is 1. The minimum Gasteiger partial charge on any atom is -0.507 e. The summed E-state index contributed by atoms with van der Waals surface area (Å²) in [6, 6.07) is 7.60. The molecule has 3 N–H and O–H groups in total. The molecule has 0 saturated heterocycles. The highest BCUT2D eigenvalue weighted by molar-refractivity contribution is 6.05. The highest BCUT2D eigenvalue weighted by atomic mass is 16.4. The van der Waals surface area contributed by atoms with Gasteiger partial charge in [-0.1, -0.05) is 0 Å². The Kier molecular flexibility index (Phi) is 3.69. The number of pyridine rings is 1. The number of carboxylic acid groups (broad SMARTS) is 1. The maximum atomic E-state index is 12.6. The van der Waals surface area contributed by atoms with Gasteiger partial charge in [-0.25, -0.2) is 9.78 Å². The van der Waals surface area contributed by atoms with Crippen LogP contribution in [0.4, 0.5) is 5.69 Å².